The molecule has 1 aromatic carbocycles. The second-order valence-electron chi connectivity index (χ2n) is 4.63. The fourth-order valence-electron chi connectivity index (χ4n) is 2.52. The number of nitrogens with two attached hydrogens (primary N) is 1. The summed E-state index contributed by atoms with van der Waals surface area (Å²) in [6, 6.07) is 8.15. The van der Waals surface area contributed by atoms with E-state index >= 15 is 0 Å². The molecule has 4 nitrogen and oxygen atoms in total. The number of nitriles is 1. The largest absolute Gasteiger partial charge is 0.369 e. The molecule has 0 bridgehead atoms. The summed E-state index contributed by atoms with van der Waals surface area (Å²) in [5, 5.41) is 8.94. The molecule has 0 radical (unpaired) electrons. The van der Waals surface area contributed by atoms with Crippen LogP contribution in [0.1, 0.15) is 31.4 Å². The van der Waals surface area contributed by atoms with Crippen molar-refractivity contribution in [3.63, 3.8) is 0 Å². The molecule has 0 amide bonds. The van der Waals surface area contributed by atoms with Crippen LogP contribution in [0.4, 0.5) is 5.95 Å². The summed E-state index contributed by atoms with van der Waals surface area (Å²) in [5.74, 6) is 1.27. The molecular weight excluding hydrogens is 212 g/mol. The number of nitrogen functional groups attached to an aromatic ring is 1. The van der Waals surface area contributed by atoms with Crippen molar-refractivity contribution in [3.8, 4) is 6.07 Å². The normalized spacial score (nSPS) is 22.6. The number of anilines is 1. The van der Waals surface area contributed by atoms with Gasteiger partial charge in [-0.3, -0.25) is 0 Å². The molecule has 0 spiro atoms. The minimum Gasteiger partial charge on any atom is -0.369 e. The number of benzene rings is 1. The first-order chi connectivity index (χ1) is 8.24. The Balaban J connectivity index is 2.16. The first-order valence-electron chi connectivity index (χ1n) is 5.92. The Labute approximate surface area is 99.7 Å². The zero-order valence-corrected chi connectivity index (χ0v) is 9.72. The molecule has 1 aromatic heterocycles. The van der Waals surface area contributed by atoms with Crippen molar-refractivity contribution < 1.29 is 0 Å². The molecule has 0 saturated heterocycles. The molecule has 2 aromatic rings. The predicted molar refractivity (Wildman–Crippen MR) is 66.3 cm³/mol. The molecular formula is C13H14N4. The lowest BCUT2D eigenvalue weighted by molar-refractivity contribution is 0.661. The molecule has 4 heteroatoms. The van der Waals surface area contributed by atoms with Crippen molar-refractivity contribution in [2.24, 2.45) is 5.92 Å². The minimum absolute atomic E-state index is 0.471. The van der Waals surface area contributed by atoms with E-state index in [0.29, 0.717) is 23.5 Å². The SMILES string of the molecule is CCC1CC1n1c(N)nc2ccc(C#N)cc21. The Morgan fingerprint density at radius 2 is 2.41 bits per heavy atom. The molecule has 3 rings (SSSR count). The first-order valence-corrected chi connectivity index (χ1v) is 5.92. The highest BCUT2D eigenvalue weighted by molar-refractivity contribution is 5.80. The summed E-state index contributed by atoms with van der Waals surface area (Å²) in [6.07, 6.45) is 2.34. The second kappa shape index (κ2) is 3.49. The number of hydrogen-bond donors (Lipinski definition) is 1. The van der Waals surface area contributed by atoms with E-state index in [4.69, 9.17) is 11.0 Å². The quantitative estimate of drug-likeness (QED) is 0.855. The van der Waals surface area contributed by atoms with Crippen molar-refractivity contribution in [2.75, 3.05) is 5.73 Å². The van der Waals surface area contributed by atoms with Gasteiger partial charge in [0.2, 0.25) is 5.95 Å². The number of fused-ring (bicyclic) bond motifs is 1. The molecule has 1 fully saturated rings. The molecule has 0 aliphatic heterocycles. The summed E-state index contributed by atoms with van der Waals surface area (Å²) >= 11 is 0. The topological polar surface area (TPSA) is 67.6 Å². The first kappa shape index (κ1) is 10.2. The number of aromatic nitrogens is 2. The van der Waals surface area contributed by atoms with Gasteiger partial charge in [-0.1, -0.05) is 13.3 Å². The zero-order valence-electron chi connectivity index (χ0n) is 9.72. The van der Waals surface area contributed by atoms with Gasteiger partial charge in [0.25, 0.3) is 0 Å². The fourth-order valence-corrected chi connectivity index (χ4v) is 2.52. The molecule has 1 aliphatic carbocycles. The Morgan fingerprint density at radius 3 is 3.06 bits per heavy atom. The van der Waals surface area contributed by atoms with Gasteiger partial charge in [-0.15, -0.1) is 0 Å². The van der Waals surface area contributed by atoms with Crippen LogP contribution in [0.15, 0.2) is 18.2 Å². The van der Waals surface area contributed by atoms with Crippen LogP contribution in [-0.2, 0) is 0 Å². The van der Waals surface area contributed by atoms with Gasteiger partial charge in [0.1, 0.15) is 0 Å². The average Bonchev–Trinajstić information content (AvgIpc) is 3.04. The van der Waals surface area contributed by atoms with E-state index in [1.54, 1.807) is 6.07 Å². The Bertz CT molecular complexity index is 620. The van der Waals surface area contributed by atoms with Crippen molar-refractivity contribution in [2.45, 2.75) is 25.8 Å². The van der Waals surface area contributed by atoms with Gasteiger partial charge in [-0.25, -0.2) is 4.98 Å². The zero-order chi connectivity index (χ0) is 12.0. The fraction of sp³-hybridized carbons (Fsp3) is 0.385. The molecule has 2 atom stereocenters. The summed E-state index contributed by atoms with van der Waals surface area (Å²) in [5.41, 5.74) is 8.50. The Hall–Kier alpha value is -2.02. The van der Waals surface area contributed by atoms with Crippen LogP contribution in [0.3, 0.4) is 0 Å². The summed E-state index contributed by atoms with van der Waals surface area (Å²) in [4.78, 5) is 4.35. The number of nitrogens with zero attached hydrogens (tertiary/aromatic N) is 3. The van der Waals surface area contributed by atoms with Gasteiger partial charge in [0.15, 0.2) is 0 Å². The maximum Gasteiger partial charge on any atom is 0.201 e. The smallest absolute Gasteiger partial charge is 0.201 e. The number of hydrogen-bond acceptors (Lipinski definition) is 3. The molecule has 1 aliphatic rings. The van der Waals surface area contributed by atoms with E-state index in [-0.39, 0.29) is 0 Å². The van der Waals surface area contributed by atoms with Crippen LogP contribution in [0.25, 0.3) is 11.0 Å². The van der Waals surface area contributed by atoms with Crippen LogP contribution < -0.4 is 5.73 Å². The standard InChI is InChI=1S/C13H14N4/c1-2-9-6-11(9)17-12-5-8(7-14)3-4-10(12)16-13(17)15/h3-5,9,11H,2,6H2,1H3,(H2,15,16). The van der Waals surface area contributed by atoms with Gasteiger partial charge in [0, 0.05) is 6.04 Å². The van der Waals surface area contributed by atoms with Gasteiger partial charge < -0.3 is 10.3 Å². The number of imidazole rings is 1. The van der Waals surface area contributed by atoms with E-state index in [9.17, 15) is 0 Å². The maximum absolute atomic E-state index is 8.94. The van der Waals surface area contributed by atoms with E-state index in [2.05, 4.69) is 22.5 Å². The third kappa shape index (κ3) is 1.47. The third-order valence-electron chi connectivity index (χ3n) is 3.59. The monoisotopic (exact) mass is 226 g/mol. The van der Waals surface area contributed by atoms with E-state index < -0.39 is 0 Å². The molecule has 2 N–H and O–H groups in total. The molecule has 2 unspecified atom stereocenters. The maximum atomic E-state index is 8.94. The van der Waals surface area contributed by atoms with Crippen molar-refractivity contribution in [1.29, 1.82) is 5.26 Å². The van der Waals surface area contributed by atoms with Crippen LogP contribution in [0.5, 0.6) is 0 Å². The summed E-state index contributed by atoms with van der Waals surface area (Å²) in [7, 11) is 0. The van der Waals surface area contributed by atoms with Gasteiger partial charge in [0.05, 0.1) is 22.7 Å². The molecule has 17 heavy (non-hydrogen) atoms. The van der Waals surface area contributed by atoms with Crippen LogP contribution in [0, 0.1) is 17.2 Å². The highest BCUT2D eigenvalue weighted by atomic mass is 15.2. The highest BCUT2D eigenvalue weighted by Crippen LogP contribution is 2.48. The summed E-state index contributed by atoms with van der Waals surface area (Å²) in [6.45, 7) is 2.20. The van der Waals surface area contributed by atoms with Gasteiger partial charge in [-0.2, -0.15) is 5.26 Å². The van der Waals surface area contributed by atoms with Crippen LogP contribution in [-0.4, -0.2) is 9.55 Å². The van der Waals surface area contributed by atoms with Gasteiger partial charge in [-0.05, 0) is 30.5 Å². The Kier molecular flexibility index (Phi) is 2.08. The highest BCUT2D eigenvalue weighted by Gasteiger charge is 2.38. The average molecular weight is 226 g/mol. The Morgan fingerprint density at radius 1 is 1.59 bits per heavy atom. The van der Waals surface area contributed by atoms with E-state index in [0.717, 1.165) is 11.0 Å². The minimum atomic E-state index is 0.471. The van der Waals surface area contributed by atoms with Crippen molar-refractivity contribution in [3.05, 3.63) is 23.8 Å². The second-order valence-corrected chi connectivity index (χ2v) is 4.63. The predicted octanol–water partition coefficient (Wildman–Crippen LogP) is 2.46. The molecule has 1 heterocycles. The summed E-state index contributed by atoms with van der Waals surface area (Å²) < 4.78 is 2.09. The third-order valence-corrected chi connectivity index (χ3v) is 3.59. The lowest BCUT2D eigenvalue weighted by Crippen LogP contribution is -2.02. The van der Waals surface area contributed by atoms with E-state index in [1.807, 2.05) is 12.1 Å². The lowest BCUT2D eigenvalue weighted by Gasteiger charge is -2.05. The van der Waals surface area contributed by atoms with Crippen LogP contribution >= 0.6 is 0 Å². The molecule has 1 saturated carbocycles. The van der Waals surface area contributed by atoms with Crippen molar-refractivity contribution >= 4 is 17.0 Å². The lowest BCUT2D eigenvalue weighted by atomic mass is 10.2. The van der Waals surface area contributed by atoms with E-state index in [1.165, 1.54) is 12.8 Å². The van der Waals surface area contributed by atoms with Crippen molar-refractivity contribution in [1.82, 2.24) is 9.55 Å². The van der Waals surface area contributed by atoms with Gasteiger partial charge >= 0.3 is 0 Å². The van der Waals surface area contributed by atoms with Crippen LogP contribution in [0.2, 0.25) is 0 Å². The number of rotatable bonds is 2. The molecule has 86 valence electrons.